The van der Waals surface area contributed by atoms with Gasteiger partial charge in [0, 0.05) is 40.3 Å². The Morgan fingerprint density at radius 2 is 0.750 bits per heavy atom. The van der Waals surface area contributed by atoms with Gasteiger partial charge in [0.2, 0.25) is 0 Å². The molecule has 0 aliphatic heterocycles. The van der Waals surface area contributed by atoms with Crippen LogP contribution in [0, 0.1) is 0 Å². The van der Waals surface area contributed by atoms with Crippen molar-refractivity contribution in [3.8, 4) is 44.5 Å². The molecule has 0 saturated carbocycles. The van der Waals surface area contributed by atoms with Gasteiger partial charge in [0.1, 0.15) is 0 Å². The summed E-state index contributed by atoms with van der Waals surface area (Å²) < 4.78 is 5.49. The summed E-state index contributed by atoms with van der Waals surface area (Å²) in [7, 11) is 0. The largest absolute Gasteiger partial charge is 0.134 e. The number of thiophene rings is 2. The summed E-state index contributed by atoms with van der Waals surface area (Å²) in [6, 6.07) is 76.8. The maximum atomic E-state index is 2.37. The molecule has 0 radical (unpaired) electrons. The summed E-state index contributed by atoms with van der Waals surface area (Å²) in [5, 5.41) is 15.7. The summed E-state index contributed by atoms with van der Waals surface area (Å²) in [6.07, 6.45) is 0. The second-order valence-electron chi connectivity index (χ2n) is 16.0. The number of rotatable bonds is 4. The molecule has 0 bridgehead atoms. The van der Waals surface area contributed by atoms with E-state index in [9.17, 15) is 0 Å². The van der Waals surface area contributed by atoms with Crippen molar-refractivity contribution in [2.75, 3.05) is 0 Å². The predicted molar refractivity (Wildman–Crippen MR) is 264 cm³/mol. The Hall–Kier alpha value is -7.10. The lowest BCUT2D eigenvalue weighted by Crippen LogP contribution is -1.91. The van der Waals surface area contributed by atoms with Gasteiger partial charge in [0.05, 0.1) is 0 Å². The molecule has 0 spiro atoms. The van der Waals surface area contributed by atoms with E-state index in [4.69, 9.17) is 0 Å². The first-order valence-electron chi connectivity index (χ1n) is 20.6. The minimum atomic E-state index is 1.22. The molecule has 0 N–H and O–H groups in total. The molecule has 11 aromatic carbocycles. The second kappa shape index (κ2) is 13.2. The van der Waals surface area contributed by atoms with Gasteiger partial charge in [-0.05, 0) is 118 Å². The lowest BCUT2D eigenvalue weighted by Gasteiger charge is -2.18. The average molecular weight is 795 g/mol. The zero-order valence-corrected chi connectivity index (χ0v) is 34.1. The molecule has 13 aromatic rings. The van der Waals surface area contributed by atoms with E-state index in [0.717, 1.165) is 0 Å². The Bertz CT molecular complexity index is 3820. The maximum absolute atomic E-state index is 2.37. The van der Waals surface area contributed by atoms with Gasteiger partial charge >= 0.3 is 0 Å². The van der Waals surface area contributed by atoms with Crippen LogP contribution >= 0.6 is 22.7 Å². The van der Waals surface area contributed by atoms with Crippen LogP contribution < -0.4 is 0 Å². The van der Waals surface area contributed by atoms with Gasteiger partial charge in [-0.2, -0.15) is 0 Å². The molecule has 0 atom stereocenters. The second-order valence-corrected chi connectivity index (χ2v) is 18.1. The fourth-order valence-electron chi connectivity index (χ4n) is 9.81. The Balaban J connectivity index is 0.903. The summed E-state index contributed by atoms with van der Waals surface area (Å²) in [4.78, 5) is 0. The summed E-state index contributed by atoms with van der Waals surface area (Å²) in [5.41, 5.74) is 9.92. The third-order valence-electron chi connectivity index (χ3n) is 12.6. The van der Waals surface area contributed by atoms with Gasteiger partial charge in [-0.3, -0.25) is 0 Å². The lowest BCUT2D eigenvalue weighted by molar-refractivity contribution is 1.62. The molecule has 278 valence electrons. The molecular weight excluding hydrogens is 761 g/mol. The Labute approximate surface area is 354 Å². The van der Waals surface area contributed by atoms with Crippen LogP contribution in [0.15, 0.2) is 206 Å². The minimum absolute atomic E-state index is 1.22. The van der Waals surface area contributed by atoms with E-state index in [0.29, 0.717) is 0 Å². The smallest absolute Gasteiger partial charge is 0.0448 e. The van der Waals surface area contributed by atoms with E-state index in [2.05, 4.69) is 206 Å². The molecule has 0 amide bonds. The zero-order valence-electron chi connectivity index (χ0n) is 32.4. The summed E-state index contributed by atoms with van der Waals surface area (Å²) in [6.45, 7) is 0. The Morgan fingerprint density at radius 1 is 0.233 bits per heavy atom. The van der Waals surface area contributed by atoms with Crippen molar-refractivity contribution in [1.29, 1.82) is 0 Å². The third kappa shape index (κ3) is 5.15. The quantitative estimate of drug-likeness (QED) is 0.156. The standard InChI is InChI=1S/C58H34S2/c1-2-11-38-32-41(25-22-35(38)10-1)39-12-9-13-43(34-39)55-48-17-5-3-15-46(48)54(47-16-4-6-18-49(47)55)37-23-20-36(21-24-37)40-26-28-44-42(33-40)27-29-51-56-53(60-57(44)51)31-30-50-45-14-7-8-19-52(45)59-58(50)56/h1-34H. The van der Waals surface area contributed by atoms with Crippen LogP contribution in [0.25, 0.3) is 128 Å². The molecule has 0 nitrogen and oxygen atoms in total. The van der Waals surface area contributed by atoms with Crippen molar-refractivity contribution in [1.82, 2.24) is 0 Å². The number of fused-ring (bicyclic) bond motifs is 12. The van der Waals surface area contributed by atoms with Crippen LogP contribution in [0.3, 0.4) is 0 Å². The fraction of sp³-hybridized carbons (Fsp3) is 0. The highest BCUT2D eigenvalue weighted by Gasteiger charge is 2.18. The SMILES string of the molecule is c1cc(-c2ccc3ccccc3c2)cc(-c2c3ccccc3c(-c3ccc(-c4ccc5c(ccc6c5sc5ccc7c8ccccc8sc7c56)c4)cc3)c3ccccc23)c1. The van der Waals surface area contributed by atoms with Gasteiger partial charge in [0.15, 0.2) is 0 Å². The van der Waals surface area contributed by atoms with E-state index in [1.54, 1.807) is 0 Å². The van der Waals surface area contributed by atoms with Crippen molar-refractivity contribution >= 4 is 106 Å². The highest BCUT2D eigenvalue weighted by Crippen LogP contribution is 2.47. The van der Waals surface area contributed by atoms with E-state index in [1.165, 1.54) is 128 Å². The normalized spacial score (nSPS) is 12.0. The maximum Gasteiger partial charge on any atom is 0.0448 e. The third-order valence-corrected chi connectivity index (χ3v) is 15.0. The van der Waals surface area contributed by atoms with E-state index in [-0.39, 0.29) is 0 Å². The highest BCUT2D eigenvalue weighted by atomic mass is 32.1. The van der Waals surface area contributed by atoms with Crippen LogP contribution in [-0.4, -0.2) is 0 Å². The highest BCUT2D eigenvalue weighted by molar-refractivity contribution is 7.30. The molecule has 0 saturated heterocycles. The zero-order chi connectivity index (χ0) is 39.3. The average Bonchev–Trinajstić information content (AvgIpc) is 3.89. The Kier molecular flexibility index (Phi) is 7.45. The molecule has 2 aromatic heterocycles. The number of hydrogen-bond acceptors (Lipinski definition) is 2. The van der Waals surface area contributed by atoms with Gasteiger partial charge in [0.25, 0.3) is 0 Å². The van der Waals surface area contributed by atoms with E-state index >= 15 is 0 Å². The Morgan fingerprint density at radius 3 is 1.53 bits per heavy atom. The van der Waals surface area contributed by atoms with Crippen LogP contribution in [-0.2, 0) is 0 Å². The fourth-order valence-corrected chi connectivity index (χ4v) is 12.4. The molecule has 2 heteroatoms. The molecule has 0 aliphatic rings. The van der Waals surface area contributed by atoms with Gasteiger partial charge < -0.3 is 0 Å². The molecule has 60 heavy (non-hydrogen) atoms. The van der Waals surface area contributed by atoms with Crippen LogP contribution in [0.5, 0.6) is 0 Å². The van der Waals surface area contributed by atoms with Gasteiger partial charge in [-0.1, -0.05) is 176 Å². The molecule has 13 rings (SSSR count). The molecular formula is C58H34S2. The van der Waals surface area contributed by atoms with Gasteiger partial charge in [-0.15, -0.1) is 22.7 Å². The molecule has 0 aliphatic carbocycles. The predicted octanol–water partition coefficient (Wildman–Crippen LogP) is 17.7. The van der Waals surface area contributed by atoms with Crippen molar-refractivity contribution in [3.63, 3.8) is 0 Å². The number of benzene rings is 11. The lowest BCUT2D eigenvalue weighted by atomic mass is 9.85. The monoisotopic (exact) mass is 794 g/mol. The van der Waals surface area contributed by atoms with Crippen LogP contribution in [0.1, 0.15) is 0 Å². The van der Waals surface area contributed by atoms with Crippen molar-refractivity contribution in [3.05, 3.63) is 206 Å². The van der Waals surface area contributed by atoms with Crippen LogP contribution in [0.2, 0.25) is 0 Å². The molecule has 2 heterocycles. The van der Waals surface area contributed by atoms with Crippen molar-refractivity contribution in [2.45, 2.75) is 0 Å². The van der Waals surface area contributed by atoms with E-state index < -0.39 is 0 Å². The van der Waals surface area contributed by atoms with Crippen LogP contribution in [0.4, 0.5) is 0 Å². The van der Waals surface area contributed by atoms with Crippen molar-refractivity contribution < 1.29 is 0 Å². The first-order valence-corrected chi connectivity index (χ1v) is 22.2. The molecule has 0 fully saturated rings. The summed E-state index contributed by atoms with van der Waals surface area (Å²) in [5.74, 6) is 0. The molecule has 0 unspecified atom stereocenters. The van der Waals surface area contributed by atoms with Gasteiger partial charge in [-0.25, -0.2) is 0 Å². The minimum Gasteiger partial charge on any atom is -0.134 e. The first kappa shape index (κ1) is 33.8. The van der Waals surface area contributed by atoms with Crippen molar-refractivity contribution in [2.24, 2.45) is 0 Å². The van der Waals surface area contributed by atoms with E-state index in [1.807, 2.05) is 22.7 Å². The first-order chi connectivity index (χ1) is 29.7. The number of hydrogen-bond donors (Lipinski definition) is 0. The summed E-state index contributed by atoms with van der Waals surface area (Å²) >= 11 is 3.85. The topological polar surface area (TPSA) is 0 Å².